The van der Waals surface area contributed by atoms with Crippen molar-refractivity contribution in [3.8, 4) is 5.75 Å². The van der Waals surface area contributed by atoms with Gasteiger partial charge in [-0.15, -0.1) is 0 Å². The third-order valence-electron chi connectivity index (χ3n) is 9.07. The molecule has 0 aliphatic heterocycles. The summed E-state index contributed by atoms with van der Waals surface area (Å²) < 4.78 is 0. The summed E-state index contributed by atoms with van der Waals surface area (Å²) in [6, 6.07) is 8.57. The Kier molecular flexibility index (Phi) is 19.3. The Hall–Kier alpha value is -10.6. The van der Waals surface area contributed by atoms with Crippen molar-refractivity contribution in [2.24, 2.45) is 71.6 Å². The number of hydrogen-bond acceptors (Lipinski definition) is 18. The van der Waals surface area contributed by atoms with Crippen molar-refractivity contribution in [2.75, 3.05) is 11.5 Å². The van der Waals surface area contributed by atoms with Crippen LogP contribution in [0.2, 0.25) is 0 Å². The molecule has 72 heavy (non-hydrogen) atoms. The number of aliphatic hydroxyl groups excluding tert-OH is 1. The largest absolute Gasteiger partial charge is 0.508 e. The molecule has 6 unspecified atom stereocenters. The van der Waals surface area contributed by atoms with Crippen LogP contribution in [0.3, 0.4) is 0 Å². The summed E-state index contributed by atoms with van der Waals surface area (Å²) in [6.45, 7) is -1.96. The van der Waals surface area contributed by atoms with Gasteiger partial charge in [-0.3, -0.25) is 49.0 Å². The molecular formula is C37H47N21O14. The van der Waals surface area contributed by atoms with Crippen LogP contribution in [0.1, 0.15) is 27.5 Å². The number of phenolic OH excluding ortho intramolecular Hbond substituents is 1. The summed E-state index contributed by atoms with van der Waals surface area (Å²) in [5.41, 5.74) is 44.5. The van der Waals surface area contributed by atoms with E-state index in [1.807, 2.05) is 16.0 Å². The maximum Gasteiger partial charge on any atom is 0.338 e. The van der Waals surface area contributed by atoms with Crippen molar-refractivity contribution in [3.05, 3.63) is 104 Å². The van der Waals surface area contributed by atoms with Gasteiger partial charge in [-0.25, -0.2) is 24.8 Å². The first-order chi connectivity index (χ1) is 33.7. The minimum atomic E-state index is -2.27. The van der Waals surface area contributed by atoms with Gasteiger partial charge < -0.3 is 98.4 Å². The Bertz CT molecular complexity index is 2650. The Labute approximate surface area is 402 Å². The van der Waals surface area contributed by atoms with E-state index in [2.05, 4.69) is 30.6 Å². The number of carboxylic acid groups (broad SMARTS) is 1. The second-order valence-electron chi connectivity index (χ2n) is 14.3. The van der Waals surface area contributed by atoms with E-state index >= 15 is 0 Å². The lowest BCUT2D eigenvalue weighted by Gasteiger charge is -2.33. The number of nitrogens with two attached hydrogens (primary N) is 9. The first-order valence-corrected chi connectivity index (χ1v) is 19.8. The van der Waals surface area contributed by atoms with Crippen LogP contribution in [0.4, 0.5) is 17.1 Å². The second kappa shape index (κ2) is 25.0. The van der Waals surface area contributed by atoms with E-state index in [4.69, 9.17) is 51.6 Å². The van der Waals surface area contributed by atoms with Crippen LogP contribution in [-0.2, 0) is 35.3 Å². The first kappa shape index (κ1) is 55.7. The zero-order chi connectivity index (χ0) is 54.1. The van der Waals surface area contributed by atoms with Crippen LogP contribution in [0.15, 0.2) is 86.7 Å². The summed E-state index contributed by atoms with van der Waals surface area (Å²) in [5.74, 6) is -13.8. The quantitative estimate of drug-likeness (QED) is 0.0171. The van der Waals surface area contributed by atoms with E-state index in [1.54, 1.807) is 0 Å². The van der Waals surface area contributed by atoms with Crippen molar-refractivity contribution in [3.63, 3.8) is 0 Å². The summed E-state index contributed by atoms with van der Waals surface area (Å²) in [5, 5.41) is 65.4. The summed E-state index contributed by atoms with van der Waals surface area (Å²) in [7, 11) is 0. The van der Waals surface area contributed by atoms with Gasteiger partial charge in [-0.1, -0.05) is 42.5 Å². The molecule has 0 fully saturated rings. The SMILES string of the molecule is NC(=O)C(N=C(N)N)NC(=O)C(N=C(N)N)NC(=O)C(N=C(N)N)NC(=O)C(N=C(N)N)NC(=O)C(NC(=O)C(CO)N(Cc1ccc(O)cc1)c1c(C(=O)O)cc([N+](=O)[O-])cc1[N+](=O)[O-])c1ccccc1. The lowest BCUT2D eigenvalue weighted by atomic mass is 10.0. The number of nitrogens with zero attached hydrogens (tertiary/aromatic N) is 7. The molecule has 6 amide bonds. The molecule has 0 saturated heterocycles. The molecule has 3 rings (SSSR count). The van der Waals surface area contributed by atoms with Gasteiger partial charge in [0.15, 0.2) is 23.8 Å². The third kappa shape index (κ3) is 15.7. The number of benzene rings is 3. The molecule has 26 N–H and O–H groups in total. The Morgan fingerprint density at radius 3 is 1.44 bits per heavy atom. The highest BCUT2D eigenvalue weighted by Crippen LogP contribution is 2.38. The smallest absolute Gasteiger partial charge is 0.338 e. The highest BCUT2D eigenvalue weighted by molar-refractivity contribution is 6.02. The molecule has 0 aliphatic rings. The van der Waals surface area contributed by atoms with Gasteiger partial charge in [0.25, 0.3) is 35.0 Å². The molecule has 0 spiro atoms. The van der Waals surface area contributed by atoms with E-state index in [0.29, 0.717) is 12.1 Å². The molecule has 0 saturated carbocycles. The van der Waals surface area contributed by atoms with Crippen molar-refractivity contribution in [2.45, 2.75) is 43.3 Å². The van der Waals surface area contributed by atoms with Gasteiger partial charge >= 0.3 is 5.97 Å². The maximum absolute atomic E-state index is 14.4. The lowest BCUT2D eigenvalue weighted by molar-refractivity contribution is -0.393. The zero-order valence-electron chi connectivity index (χ0n) is 36.9. The van der Waals surface area contributed by atoms with Gasteiger partial charge in [-0.2, -0.15) is 0 Å². The molecule has 3 aromatic carbocycles. The summed E-state index contributed by atoms with van der Waals surface area (Å²) in [4.78, 5) is 130. The number of aliphatic hydroxyl groups is 1. The standard InChI is InChI=1S/C37H47N21O14/c38-23(61)24(52-34(39)40)48-30(64)26(54-36(43)44)50-32(66)27(55-37(45)46)51-31(65)25(53-35(41)42)49-29(63)21(15-4-2-1-3-5-15)47-28(62)20(13-59)56(12-14-6-8-17(60)9-7-14)22-18(33(67)68)10-16(57(69)70)11-19(22)58(71)72/h1-11,20-21,24-27,59-60H,12-13H2,(H2,38,61)(H,47,62)(H,48,64)(H,49,63)(H,50,66)(H,51,65)(H,67,68)(H4,39,40,52)(H4,41,42,53)(H4,43,44,54)(H4,45,46,55). The number of aromatic carboxylic acids is 1. The van der Waals surface area contributed by atoms with Crippen molar-refractivity contribution < 1.29 is 58.7 Å². The number of nitro groups is 2. The average molecular weight is 1010 g/mol. The molecule has 6 atom stereocenters. The lowest BCUT2D eigenvalue weighted by Crippen LogP contribution is -2.58. The molecule has 0 aromatic heterocycles. The molecule has 0 bridgehead atoms. The number of anilines is 1. The minimum absolute atomic E-state index is 0.0678. The number of non-ortho nitro benzene ring substituents is 1. The predicted molar refractivity (Wildman–Crippen MR) is 249 cm³/mol. The number of nitro benzene ring substituents is 2. The molecular weight excluding hydrogens is 963 g/mol. The number of carbonyl (C=O) groups excluding carboxylic acids is 6. The van der Waals surface area contributed by atoms with Crippen LogP contribution in [0, 0.1) is 20.2 Å². The normalized spacial score (nSPS) is 13.0. The van der Waals surface area contributed by atoms with Crippen LogP contribution in [0.25, 0.3) is 0 Å². The van der Waals surface area contributed by atoms with Crippen molar-refractivity contribution >= 4 is 82.3 Å². The van der Waals surface area contributed by atoms with E-state index in [9.17, 15) is 69.1 Å². The number of primary amides is 1. The molecule has 0 radical (unpaired) electrons. The fourth-order valence-corrected chi connectivity index (χ4v) is 6.06. The number of carboxylic acids is 1. The van der Waals surface area contributed by atoms with E-state index in [0.717, 1.165) is 17.0 Å². The number of guanidine groups is 4. The number of amides is 6. The zero-order valence-corrected chi connectivity index (χ0v) is 36.9. The average Bonchev–Trinajstić information content (AvgIpc) is 3.29. The van der Waals surface area contributed by atoms with Crippen LogP contribution in [-0.4, -0.2) is 128 Å². The number of aliphatic imine (C=N–C) groups is 4. The third-order valence-corrected chi connectivity index (χ3v) is 9.07. The number of hydrogen-bond donors (Lipinski definition) is 17. The van der Waals surface area contributed by atoms with Gasteiger partial charge in [-0.05, 0) is 23.3 Å². The van der Waals surface area contributed by atoms with E-state index in [-0.39, 0.29) is 16.9 Å². The van der Waals surface area contributed by atoms with E-state index < -0.39 is 148 Å². The molecule has 0 heterocycles. The van der Waals surface area contributed by atoms with Crippen LogP contribution in [0.5, 0.6) is 5.75 Å². The highest BCUT2D eigenvalue weighted by atomic mass is 16.6. The molecule has 3 aromatic rings. The van der Waals surface area contributed by atoms with E-state index in [1.165, 1.54) is 42.5 Å². The van der Waals surface area contributed by atoms with Crippen LogP contribution >= 0.6 is 0 Å². The molecule has 384 valence electrons. The first-order valence-electron chi connectivity index (χ1n) is 19.8. The molecule has 0 aliphatic carbocycles. The number of carbonyl (C=O) groups is 7. The number of aromatic hydroxyl groups is 1. The van der Waals surface area contributed by atoms with Crippen LogP contribution < -0.4 is 83.1 Å². The Balaban J connectivity index is 2.11. The number of rotatable bonds is 24. The summed E-state index contributed by atoms with van der Waals surface area (Å²) >= 11 is 0. The summed E-state index contributed by atoms with van der Waals surface area (Å²) in [6.07, 6.45) is -8.61. The Morgan fingerprint density at radius 1 is 0.597 bits per heavy atom. The second-order valence-corrected chi connectivity index (χ2v) is 14.3. The Morgan fingerprint density at radius 2 is 1.04 bits per heavy atom. The maximum atomic E-state index is 14.4. The number of phenols is 1. The predicted octanol–water partition coefficient (Wildman–Crippen LogP) is -7.52. The fraction of sp³-hybridized carbons (Fsp3) is 0.216. The molecule has 35 heteroatoms. The van der Waals surface area contributed by atoms with Crippen molar-refractivity contribution in [1.29, 1.82) is 0 Å². The highest BCUT2D eigenvalue weighted by Gasteiger charge is 2.39. The number of nitrogens with one attached hydrogen (secondary N) is 5. The van der Waals surface area contributed by atoms with Gasteiger partial charge in [0, 0.05) is 12.6 Å². The van der Waals surface area contributed by atoms with Gasteiger partial charge in [0.2, 0.25) is 36.5 Å². The topological polar surface area (TPSA) is 613 Å². The minimum Gasteiger partial charge on any atom is -0.508 e. The van der Waals surface area contributed by atoms with Gasteiger partial charge in [0.1, 0.15) is 23.5 Å². The monoisotopic (exact) mass is 1010 g/mol. The van der Waals surface area contributed by atoms with Crippen molar-refractivity contribution in [1.82, 2.24) is 26.6 Å². The van der Waals surface area contributed by atoms with Gasteiger partial charge in [0.05, 0.1) is 28.1 Å². The fourth-order valence-electron chi connectivity index (χ4n) is 6.06. The molecule has 35 nitrogen and oxygen atoms in total.